The summed E-state index contributed by atoms with van der Waals surface area (Å²) < 4.78 is 28.8. The second kappa shape index (κ2) is 3.41. The van der Waals surface area contributed by atoms with Crippen molar-refractivity contribution in [2.45, 2.75) is 17.9 Å². The van der Waals surface area contributed by atoms with Gasteiger partial charge in [0.15, 0.2) is 9.84 Å². The first kappa shape index (κ1) is 10.3. The summed E-state index contributed by atoms with van der Waals surface area (Å²) in [4.78, 5) is 0.333. The molecular weight excluding hydrogens is 214 g/mol. The highest BCUT2D eigenvalue weighted by molar-refractivity contribution is 7.91. The van der Waals surface area contributed by atoms with E-state index in [-0.39, 0.29) is 11.8 Å². The standard InChI is InChI=1S/C10H13NO3S/c1-7-6-15(12,13)9-5-3-4-8(14-2)10(9)11-7/h3-5,7,11H,6H2,1-2H3. The number of para-hydroxylation sites is 1. The molecule has 2 rings (SSSR count). The highest BCUT2D eigenvalue weighted by Gasteiger charge is 2.29. The Labute approximate surface area is 89.2 Å². The van der Waals surface area contributed by atoms with Crippen molar-refractivity contribution < 1.29 is 13.2 Å². The first-order valence-corrected chi connectivity index (χ1v) is 6.36. The van der Waals surface area contributed by atoms with Crippen LogP contribution < -0.4 is 10.1 Å². The monoisotopic (exact) mass is 227 g/mol. The van der Waals surface area contributed by atoms with Gasteiger partial charge in [0.25, 0.3) is 0 Å². The summed E-state index contributed by atoms with van der Waals surface area (Å²) in [7, 11) is -1.64. The molecule has 0 radical (unpaired) electrons. The molecule has 0 aromatic heterocycles. The van der Waals surface area contributed by atoms with Crippen LogP contribution in [0.25, 0.3) is 0 Å². The highest BCUT2D eigenvalue weighted by Crippen LogP contribution is 2.35. The Bertz CT molecular complexity index is 481. The van der Waals surface area contributed by atoms with E-state index in [4.69, 9.17) is 4.74 Å². The van der Waals surface area contributed by atoms with E-state index in [1.54, 1.807) is 18.2 Å². The van der Waals surface area contributed by atoms with Crippen molar-refractivity contribution in [3.63, 3.8) is 0 Å². The fraction of sp³-hybridized carbons (Fsp3) is 0.400. The van der Waals surface area contributed by atoms with Gasteiger partial charge in [-0.25, -0.2) is 8.42 Å². The number of anilines is 1. The molecule has 0 spiro atoms. The SMILES string of the molecule is COc1cccc2c1NC(C)CS2(=O)=O. The van der Waals surface area contributed by atoms with Gasteiger partial charge in [-0.3, -0.25) is 0 Å². The van der Waals surface area contributed by atoms with Gasteiger partial charge in [-0.15, -0.1) is 0 Å². The van der Waals surface area contributed by atoms with Crippen molar-refractivity contribution in [1.82, 2.24) is 0 Å². The predicted molar refractivity (Wildman–Crippen MR) is 58.1 cm³/mol. The fourth-order valence-corrected chi connectivity index (χ4v) is 3.47. The summed E-state index contributed by atoms with van der Waals surface area (Å²) in [5.74, 6) is 0.704. The van der Waals surface area contributed by atoms with Gasteiger partial charge in [-0.1, -0.05) is 6.07 Å². The number of ether oxygens (including phenoxy) is 1. The molecule has 1 atom stereocenters. The molecule has 0 bridgehead atoms. The number of sulfone groups is 1. The molecule has 1 aromatic carbocycles. The average molecular weight is 227 g/mol. The van der Waals surface area contributed by atoms with Crippen molar-refractivity contribution in [2.24, 2.45) is 0 Å². The van der Waals surface area contributed by atoms with Crippen LogP contribution in [0, 0.1) is 0 Å². The largest absolute Gasteiger partial charge is 0.495 e. The first-order chi connectivity index (χ1) is 7.04. The minimum Gasteiger partial charge on any atom is -0.495 e. The zero-order valence-electron chi connectivity index (χ0n) is 8.65. The van der Waals surface area contributed by atoms with Crippen molar-refractivity contribution in [2.75, 3.05) is 18.2 Å². The Balaban J connectivity index is 2.66. The van der Waals surface area contributed by atoms with Crippen LogP contribution in [-0.2, 0) is 9.84 Å². The number of methoxy groups -OCH3 is 1. The van der Waals surface area contributed by atoms with Crippen LogP contribution in [0.4, 0.5) is 5.69 Å². The van der Waals surface area contributed by atoms with E-state index in [2.05, 4.69) is 5.32 Å². The zero-order valence-corrected chi connectivity index (χ0v) is 9.47. The second-order valence-electron chi connectivity index (χ2n) is 3.66. The smallest absolute Gasteiger partial charge is 0.182 e. The number of rotatable bonds is 1. The lowest BCUT2D eigenvalue weighted by atomic mass is 10.2. The average Bonchev–Trinajstić information content (AvgIpc) is 2.15. The van der Waals surface area contributed by atoms with Gasteiger partial charge in [-0.2, -0.15) is 0 Å². The molecule has 1 aliphatic rings. The van der Waals surface area contributed by atoms with Crippen LogP contribution in [0.3, 0.4) is 0 Å². The van der Waals surface area contributed by atoms with E-state index in [0.717, 1.165) is 0 Å². The van der Waals surface area contributed by atoms with E-state index in [0.29, 0.717) is 16.3 Å². The van der Waals surface area contributed by atoms with Crippen LogP contribution >= 0.6 is 0 Å². The van der Waals surface area contributed by atoms with Gasteiger partial charge < -0.3 is 10.1 Å². The molecule has 5 heteroatoms. The third-order valence-corrected chi connectivity index (χ3v) is 4.35. The summed E-state index contributed by atoms with van der Waals surface area (Å²) in [5, 5.41) is 3.13. The summed E-state index contributed by atoms with van der Waals surface area (Å²) in [5.41, 5.74) is 0.582. The summed E-state index contributed by atoms with van der Waals surface area (Å²) in [6.07, 6.45) is 0. The maximum absolute atomic E-state index is 11.9. The third-order valence-electron chi connectivity index (χ3n) is 2.40. The van der Waals surface area contributed by atoms with Crippen LogP contribution in [-0.4, -0.2) is 27.3 Å². The Kier molecular flexibility index (Phi) is 2.34. The topological polar surface area (TPSA) is 55.4 Å². The lowest BCUT2D eigenvalue weighted by Crippen LogP contribution is -2.31. The predicted octanol–water partition coefficient (Wildman–Crippen LogP) is 1.28. The van der Waals surface area contributed by atoms with E-state index in [1.807, 2.05) is 6.92 Å². The molecular formula is C10H13NO3S. The number of hydrogen-bond acceptors (Lipinski definition) is 4. The Hall–Kier alpha value is -1.23. The minimum atomic E-state index is -3.17. The molecule has 0 saturated heterocycles. The molecule has 1 aromatic rings. The highest BCUT2D eigenvalue weighted by atomic mass is 32.2. The molecule has 4 nitrogen and oxygen atoms in total. The molecule has 1 unspecified atom stereocenters. The minimum absolute atomic E-state index is 0.0844. The Morgan fingerprint density at radius 2 is 2.20 bits per heavy atom. The zero-order chi connectivity index (χ0) is 11.1. The lowest BCUT2D eigenvalue weighted by molar-refractivity contribution is 0.414. The van der Waals surface area contributed by atoms with E-state index in [9.17, 15) is 8.42 Å². The normalized spacial score (nSPS) is 22.7. The van der Waals surface area contributed by atoms with Gasteiger partial charge in [-0.05, 0) is 19.1 Å². The summed E-state index contributed by atoms with van der Waals surface area (Å²) in [6.45, 7) is 1.84. The van der Waals surface area contributed by atoms with Crippen LogP contribution in [0.5, 0.6) is 5.75 Å². The summed E-state index contributed by atoms with van der Waals surface area (Å²) >= 11 is 0. The molecule has 1 N–H and O–H groups in total. The molecule has 0 amide bonds. The van der Waals surface area contributed by atoms with Crippen LogP contribution in [0.15, 0.2) is 23.1 Å². The third kappa shape index (κ3) is 1.67. The van der Waals surface area contributed by atoms with E-state index in [1.165, 1.54) is 7.11 Å². The molecule has 1 aliphatic heterocycles. The van der Waals surface area contributed by atoms with Gasteiger partial charge >= 0.3 is 0 Å². The number of nitrogens with one attached hydrogen (secondary N) is 1. The second-order valence-corrected chi connectivity index (χ2v) is 5.66. The number of benzene rings is 1. The molecule has 82 valence electrons. The molecule has 0 fully saturated rings. The Morgan fingerprint density at radius 3 is 2.87 bits per heavy atom. The van der Waals surface area contributed by atoms with Gasteiger partial charge in [0.05, 0.1) is 23.4 Å². The van der Waals surface area contributed by atoms with Crippen molar-refractivity contribution in [3.8, 4) is 5.75 Å². The van der Waals surface area contributed by atoms with Crippen molar-refractivity contribution in [3.05, 3.63) is 18.2 Å². The first-order valence-electron chi connectivity index (χ1n) is 4.71. The van der Waals surface area contributed by atoms with Gasteiger partial charge in [0, 0.05) is 6.04 Å². The van der Waals surface area contributed by atoms with Crippen LogP contribution in [0.1, 0.15) is 6.92 Å². The van der Waals surface area contributed by atoms with Crippen molar-refractivity contribution >= 4 is 15.5 Å². The molecule has 0 aliphatic carbocycles. The molecule has 15 heavy (non-hydrogen) atoms. The fourth-order valence-electron chi connectivity index (χ4n) is 1.79. The quantitative estimate of drug-likeness (QED) is 0.785. The lowest BCUT2D eigenvalue weighted by Gasteiger charge is -2.25. The van der Waals surface area contributed by atoms with E-state index >= 15 is 0 Å². The molecule has 1 heterocycles. The maximum atomic E-state index is 11.9. The van der Waals surface area contributed by atoms with Crippen LogP contribution in [0.2, 0.25) is 0 Å². The van der Waals surface area contributed by atoms with Gasteiger partial charge in [0.1, 0.15) is 5.75 Å². The number of hydrogen-bond donors (Lipinski definition) is 1. The van der Waals surface area contributed by atoms with E-state index < -0.39 is 9.84 Å². The number of fused-ring (bicyclic) bond motifs is 1. The molecule has 0 saturated carbocycles. The maximum Gasteiger partial charge on any atom is 0.182 e. The Morgan fingerprint density at radius 1 is 1.47 bits per heavy atom. The summed E-state index contributed by atoms with van der Waals surface area (Å²) in [6, 6.07) is 4.96. The van der Waals surface area contributed by atoms with Gasteiger partial charge in [0.2, 0.25) is 0 Å². The van der Waals surface area contributed by atoms with Crippen molar-refractivity contribution in [1.29, 1.82) is 0 Å².